The Bertz CT molecular complexity index is 461. The number of benzene rings is 1. The lowest BCUT2D eigenvalue weighted by molar-refractivity contribution is 0.268. The molecular weight excluding hydrogens is 259 g/mol. The van der Waals surface area contributed by atoms with Crippen LogP contribution in [0.25, 0.3) is 0 Å². The van der Waals surface area contributed by atoms with Gasteiger partial charge in [-0.05, 0) is 36.5 Å². The number of nitrogens with two attached hydrogens (primary N) is 1. The first kappa shape index (κ1) is 14.3. The van der Waals surface area contributed by atoms with Gasteiger partial charge in [-0.3, -0.25) is 0 Å². The zero-order chi connectivity index (χ0) is 13.8. The molecule has 0 spiro atoms. The predicted molar refractivity (Wildman–Crippen MR) is 81.9 cm³/mol. The van der Waals surface area contributed by atoms with Crippen molar-refractivity contribution in [1.29, 1.82) is 0 Å². The summed E-state index contributed by atoms with van der Waals surface area (Å²) in [5, 5.41) is 3.39. The Labute approximate surface area is 119 Å². The van der Waals surface area contributed by atoms with Crippen molar-refractivity contribution in [3.8, 4) is 0 Å². The van der Waals surface area contributed by atoms with Crippen LogP contribution in [-0.4, -0.2) is 11.5 Å². The summed E-state index contributed by atoms with van der Waals surface area (Å²) in [4.78, 5) is 0.235. The van der Waals surface area contributed by atoms with Crippen LogP contribution in [-0.2, 0) is 0 Å². The summed E-state index contributed by atoms with van der Waals surface area (Å²) >= 11 is 4.97. The monoisotopic (exact) mass is 280 g/mol. The number of anilines is 1. The Hall–Kier alpha value is -1.16. The lowest BCUT2D eigenvalue weighted by Crippen LogP contribution is -2.25. The van der Waals surface area contributed by atoms with Gasteiger partial charge in [0, 0.05) is 17.8 Å². The third-order valence-electron chi connectivity index (χ3n) is 4.09. The minimum atomic E-state index is -0.306. The molecule has 104 valence electrons. The molecule has 1 aliphatic rings. The summed E-state index contributed by atoms with van der Waals surface area (Å²) in [5.74, 6) is 1.12. The SMILES string of the molecule is CC1CCCCC1CNc1ccc(F)cc1C(N)=S. The lowest BCUT2D eigenvalue weighted by Gasteiger charge is -2.29. The Morgan fingerprint density at radius 3 is 2.84 bits per heavy atom. The van der Waals surface area contributed by atoms with Crippen LogP contribution in [0.3, 0.4) is 0 Å². The molecule has 0 bridgehead atoms. The van der Waals surface area contributed by atoms with Gasteiger partial charge >= 0.3 is 0 Å². The van der Waals surface area contributed by atoms with E-state index < -0.39 is 0 Å². The van der Waals surface area contributed by atoms with Gasteiger partial charge < -0.3 is 11.1 Å². The fraction of sp³-hybridized carbons (Fsp3) is 0.533. The fourth-order valence-corrected chi connectivity index (χ4v) is 2.98. The normalized spacial score (nSPS) is 23.1. The topological polar surface area (TPSA) is 38.0 Å². The minimum absolute atomic E-state index is 0.235. The van der Waals surface area contributed by atoms with Gasteiger partial charge in [-0.25, -0.2) is 4.39 Å². The second-order valence-electron chi connectivity index (χ2n) is 5.46. The van der Waals surface area contributed by atoms with Crippen LogP contribution in [0, 0.1) is 17.7 Å². The van der Waals surface area contributed by atoms with Crippen molar-refractivity contribution in [2.45, 2.75) is 32.6 Å². The molecule has 1 fully saturated rings. The molecule has 0 radical (unpaired) electrons. The smallest absolute Gasteiger partial charge is 0.124 e. The van der Waals surface area contributed by atoms with Crippen molar-refractivity contribution in [3.63, 3.8) is 0 Å². The van der Waals surface area contributed by atoms with E-state index in [9.17, 15) is 4.39 Å². The van der Waals surface area contributed by atoms with Crippen LogP contribution in [0.1, 0.15) is 38.2 Å². The molecule has 0 aliphatic heterocycles. The fourth-order valence-electron chi connectivity index (χ4n) is 2.81. The van der Waals surface area contributed by atoms with E-state index in [-0.39, 0.29) is 10.8 Å². The van der Waals surface area contributed by atoms with E-state index >= 15 is 0 Å². The summed E-state index contributed by atoms with van der Waals surface area (Å²) in [6.07, 6.45) is 5.21. The Kier molecular flexibility index (Phi) is 4.75. The van der Waals surface area contributed by atoms with Gasteiger partial charge in [0.1, 0.15) is 10.8 Å². The molecule has 1 aromatic carbocycles. The number of thiocarbonyl (C=S) groups is 1. The molecular formula is C15H21FN2S. The molecule has 2 atom stereocenters. The van der Waals surface area contributed by atoms with Gasteiger partial charge in [-0.15, -0.1) is 0 Å². The first-order valence-electron chi connectivity index (χ1n) is 6.91. The average Bonchev–Trinajstić information content (AvgIpc) is 2.38. The van der Waals surface area contributed by atoms with Gasteiger partial charge in [0.05, 0.1) is 0 Å². The highest BCUT2D eigenvalue weighted by Crippen LogP contribution is 2.30. The molecule has 4 heteroatoms. The van der Waals surface area contributed by atoms with Crippen molar-refractivity contribution in [1.82, 2.24) is 0 Å². The second-order valence-corrected chi connectivity index (χ2v) is 5.90. The van der Waals surface area contributed by atoms with Crippen molar-refractivity contribution >= 4 is 22.9 Å². The van der Waals surface area contributed by atoms with E-state index in [4.69, 9.17) is 18.0 Å². The minimum Gasteiger partial charge on any atom is -0.389 e. The lowest BCUT2D eigenvalue weighted by atomic mass is 9.80. The molecule has 1 aromatic rings. The maximum Gasteiger partial charge on any atom is 0.124 e. The largest absolute Gasteiger partial charge is 0.389 e. The highest BCUT2D eigenvalue weighted by atomic mass is 32.1. The summed E-state index contributed by atoms with van der Waals surface area (Å²) in [6, 6.07) is 4.56. The summed E-state index contributed by atoms with van der Waals surface area (Å²) in [7, 11) is 0. The summed E-state index contributed by atoms with van der Waals surface area (Å²) in [5.41, 5.74) is 7.08. The van der Waals surface area contributed by atoms with E-state index in [1.54, 1.807) is 6.07 Å². The molecule has 1 saturated carbocycles. The maximum absolute atomic E-state index is 13.2. The zero-order valence-electron chi connectivity index (χ0n) is 11.3. The van der Waals surface area contributed by atoms with Crippen LogP contribution < -0.4 is 11.1 Å². The second kappa shape index (κ2) is 6.33. The van der Waals surface area contributed by atoms with Crippen molar-refractivity contribution in [3.05, 3.63) is 29.6 Å². The summed E-state index contributed by atoms with van der Waals surface area (Å²) in [6.45, 7) is 3.22. The molecule has 2 rings (SSSR count). The third kappa shape index (κ3) is 3.66. The Morgan fingerprint density at radius 2 is 2.16 bits per heavy atom. The van der Waals surface area contributed by atoms with Crippen LogP contribution in [0.5, 0.6) is 0 Å². The number of nitrogens with one attached hydrogen (secondary N) is 1. The number of hydrogen-bond acceptors (Lipinski definition) is 2. The number of rotatable bonds is 4. The van der Waals surface area contributed by atoms with Gasteiger partial charge in [-0.2, -0.15) is 0 Å². The summed E-state index contributed by atoms with van der Waals surface area (Å²) < 4.78 is 13.2. The van der Waals surface area contributed by atoms with Crippen molar-refractivity contribution in [2.75, 3.05) is 11.9 Å². The zero-order valence-corrected chi connectivity index (χ0v) is 12.1. The molecule has 0 heterocycles. The molecule has 19 heavy (non-hydrogen) atoms. The first-order valence-corrected chi connectivity index (χ1v) is 7.32. The van der Waals surface area contributed by atoms with Crippen LogP contribution in [0.15, 0.2) is 18.2 Å². The van der Waals surface area contributed by atoms with E-state index in [1.165, 1.54) is 37.8 Å². The Morgan fingerprint density at radius 1 is 1.42 bits per heavy atom. The standard InChI is InChI=1S/C15H21FN2S/c1-10-4-2-3-5-11(10)9-18-14-7-6-12(16)8-13(14)15(17)19/h6-8,10-11,18H,2-5,9H2,1H3,(H2,17,19). The van der Waals surface area contributed by atoms with Crippen LogP contribution in [0.2, 0.25) is 0 Å². The average molecular weight is 280 g/mol. The van der Waals surface area contributed by atoms with E-state index in [1.807, 2.05) is 0 Å². The molecule has 3 N–H and O–H groups in total. The molecule has 2 nitrogen and oxygen atoms in total. The number of halogens is 1. The van der Waals surface area contributed by atoms with Gasteiger partial charge in [-0.1, -0.05) is 38.4 Å². The van der Waals surface area contributed by atoms with Crippen molar-refractivity contribution < 1.29 is 4.39 Å². The van der Waals surface area contributed by atoms with Gasteiger partial charge in [0.25, 0.3) is 0 Å². The molecule has 0 saturated heterocycles. The third-order valence-corrected chi connectivity index (χ3v) is 4.31. The van der Waals surface area contributed by atoms with E-state index in [0.717, 1.165) is 18.2 Å². The van der Waals surface area contributed by atoms with Crippen LogP contribution >= 0.6 is 12.2 Å². The Balaban J connectivity index is 2.04. The quantitative estimate of drug-likeness (QED) is 0.826. The van der Waals surface area contributed by atoms with E-state index in [0.29, 0.717) is 11.5 Å². The predicted octanol–water partition coefficient (Wildman–Crippen LogP) is 3.70. The molecule has 2 unspecified atom stereocenters. The first-order chi connectivity index (χ1) is 9.08. The maximum atomic E-state index is 13.2. The number of hydrogen-bond donors (Lipinski definition) is 2. The highest BCUT2D eigenvalue weighted by molar-refractivity contribution is 7.80. The van der Waals surface area contributed by atoms with Crippen molar-refractivity contribution in [2.24, 2.45) is 17.6 Å². The highest BCUT2D eigenvalue weighted by Gasteiger charge is 2.21. The van der Waals surface area contributed by atoms with E-state index in [2.05, 4.69) is 12.2 Å². The molecule has 1 aliphatic carbocycles. The van der Waals surface area contributed by atoms with Crippen LogP contribution in [0.4, 0.5) is 10.1 Å². The molecule has 0 aromatic heterocycles. The van der Waals surface area contributed by atoms with Gasteiger partial charge in [0.15, 0.2) is 0 Å². The van der Waals surface area contributed by atoms with Gasteiger partial charge in [0.2, 0.25) is 0 Å². The molecule has 0 amide bonds.